The Morgan fingerprint density at radius 1 is 1.40 bits per heavy atom. The number of aliphatic imine (C=N–C) groups is 1. The summed E-state index contributed by atoms with van der Waals surface area (Å²) in [7, 11) is 3.74. The highest BCUT2D eigenvalue weighted by Gasteiger charge is 2.24. The lowest BCUT2D eigenvalue weighted by Gasteiger charge is -2.34. The van der Waals surface area contributed by atoms with E-state index >= 15 is 0 Å². The maximum Gasteiger partial charge on any atom is 0.193 e. The van der Waals surface area contributed by atoms with Gasteiger partial charge in [0, 0.05) is 44.0 Å². The summed E-state index contributed by atoms with van der Waals surface area (Å²) in [5.74, 6) is 0.908. The van der Waals surface area contributed by atoms with E-state index in [0.29, 0.717) is 6.61 Å². The molecule has 1 aromatic heterocycles. The van der Waals surface area contributed by atoms with E-state index in [-0.39, 0.29) is 6.10 Å². The zero-order valence-electron chi connectivity index (χ0n) is 14.7. The minimum Gasteiger partial charge on any atom is -0.370 e. The Bertz CT molecular complexity index is 713. The maximum atomic E-state index is 5.93. The lowest BCUT2D eigenvalue weighted by molar-refractivity contribution is -0.00800. The van der Waals surface area contributed by atoms with Gasteiger partial charge in [-0.2, -0.15) is 5.10 Å². The average molecular weight is 362 g/mol. The van der Waals surface area contributed by atoms with Crippen LogP contribution in [0.2, 0.25) is 5.02 Å². The molecule has 1 fully saturated rings. The van der Waals surface area contributed by atoms with Crippen molar-refractivity contribution in [3.8, 4) is 0 Å². The van der Waals surface area contributed by atoms with E-state index in [4.69, 9.17) is 16.3 Å². The molecule has 1 aliphatic heterocycles. The Labute approximate surface area is 153 Å². The number of halogens is 1. The van der Waals surface area contributed by atoms with Crippen molar-refractivity contribution >= 4 is 17.6 Å². The van der Waals surface area contributed by atoms with Crippen LogP contribution in [0, 0.1) is 0 Å². The first kappa shape index (κ1) is 17.8. The van der Waals surface area contributed by atoms with E-state index in [2.05, 4.69) is 32.4 Å². The maximum absolute atomic E-state index is 5.93. The molecule has 6 nitrogen and oxygen atoms in total. The van der Waals surface area contributed by atoms with Crippen LogP contribution in [0.3, 0.4) is 0 Å². The molecular formula is C18H24ClN5O. The molecule has 1 aromatic carbocycles. The number of aromatic nitrogens is 2. The average Bonchev–Trinajstić information content (AvgIpc) is 3.07. The van der Waals surface area contributed by atoms with Crippen molar-refractivity contribution in [1.82, 2.24) is 20.0 Å². The Kier molecular flexibility index (Phi) is 5.94. The van der Waals surface area contributed by atoms with Gasteiger partial charge >= 0.3 is 0 Å². The number of rotatable bonds is 4. The molecule has 134 valence electrons. The topological polar surface area (TPSA) is 54.7 Å². The number of morpholine rings is 1. The molecule has 0 bridgehead atoms. The molecule has 7 heteroatoms. The molecule has 25 heavy (non-hydrogen) atoms. The Morgan fingerprint density at radius 3 is 2.88 bits per heavy atom. The van der Waals surface area contributed by atoms with Crippen LogP contribution in [-0.2, 0) is 18.2 Å². The second kappa shape index (κ2) is 8.36. The molecule has 0 radical (unpaired) electrons. The smallest absolute Gasteiger partial charge is 0.193 e. The number of benzene rings is 1. The van der Waals surface area contributed by atoms with Gasteiger partial charge in [0.15, 0.2) is 5.96 Å². The highest BCUT2D eigenvalue weighted by Crippen LogP contribution is 2.21. The standard InChI is InChI=1S/C18H24ClN5O/c1-20-18(21-8-7-14-3-5-16(19)6-4-14)24-9-10-25-17(13-24)15-11-22-23(2)12-15/h3-6,11-12,17H,7-10,13H2,1-2H3,(H,20,21). The molecule has 1 aliphatic rings. The zero-order valence-corrected chi connectivity index (χ0v) is 15.4. The number of aryl methyl sites for hydroxylation is 1. The molecule has 0 spiro atoms. The summed E-state index contributed by atoms with van der Waals surface area (Å²) in [5, 5.41) is 8.45. The second-order valence-electron chi connectivity index (χ2n) is 6.10. The lowest BCUT2D eigenvalue weighted by Crippen LogP contribution is -2.48. The van der Waals surface area contributed by atoms with Crippen molar-refractivity contribution < 1.29 is 4.74 Å². The van der Waals surface area contributed by atoms with Gasteiger partial charge in [-0.05, 0) is 24.1 Å². The summed E-state index contributed by atoms with van der Waals surface area (Å²) in [4.78, 5) is 6.66. The van der Waals surface area contributed by atoms with Gasteiger partial charge in [0.05, 0.1) is 19.3 Å². The Hall–Kier alpha value is -2.05. The van der Waals surface area contributed by atoms with Crippen molar-refractivity contribution in [1.29, 1.82) is 0 Å². The van der Waals surface area contributed by atoms with E-state index in [0.717, 1.165) is 42.6 Å². The van der Waals surface area contributed by atoms with Crippen LogP contribution >= 0.6 is 11.6 Å². The number of ether oxygens (including phenoxy) is 1. The van der Waals surface area contributed by atoms with Gasteiger partial charge in [0.1, 0.15) is 6.10 Å². The van der Waals surface area contributed by atoms with Crippen molar-refractivity contribution in [3.05, 3.63) is 52.8 Å². The third-order valence-electron chi connectivity index (χ3n) is 4.28. The first-order chi connectivity index (χ1) is 12.2. The fourth-order valence-corrected chi connectivity index (χ4v) is 3.08. The molecule has 1 saturated heterocycles. The fourth-order valence-electron chi connectivity index (χ4n) is 2.95. The van der Waals surface area contributed by atoms with Gasteiger partial charge in [0.2, 0.25) is 0 Å². The fraction of sp³-hybridized carbons (Fsp3) is 0.444. The summed E-state index contributed by atoms with van der Waals surface area (Å²) in [6, 6.07) is 7.96. The van der Waals surface area contributed by atoms with Gasteiger partial charge in [0.25, 0.3) is 0 Å². The van der Waals surface area contributed by atoms with E-state index in [1.165, 1.54) is 5.56 Å². The summed E-state index contributed by atoms with van der Waals surface area (Å²) < 4.78 is 7.70. The number of guanidine groups is 1. The summed E-state index contributed by atoms with van der Waals surface area (Å²) >= 11 is 5.93. The summed E-state index contributed by atoms with van der Waals surface area (Å²) in [6.45, 7) is 3.10. The molecule has 1 N–H and O–H groups in total. The largest absolute Gasteiger partial charge is 0.370 e. The molecular weight excluding hydrogens is 338 g/mol. The van der Waals surface area contributed by atoms with Gasteiger partial charge in [-0.25, -0.2) is 0 Å². The quantitative estimate of drug-likeness (QED) is 0.670. The van der Waals surface area contributed by atoms with Gasteiger partial charge < -0.3 is 15.0 Å². The minimum absolute atomic E-state index is 0.0252. The number of nitrogens with one attached hydrogen (secondary N) is 1. The monoisotopic (exact) mass is 361 g/mol. The minimum atomic E-state index is 0.0252. The number of hydrogen-bond acceptors (Lipinski definition) is 3. The molecule has 0 aliphatic carbocycles. The first-order valence-electron chi connectivity index (χ1n) is 8.46. The van der Waals surface area contributed by atoms with Crippen molar-refractivity contribution in [3.63, 3.8) is 0 Å². The highest BCUT2D eigenvalue weighted by molar-refractivity contribution is 6.30. The van der Waals surface area contributed by atoms with Gasteiger partial charge in [-0.15, -0.1) is 0 Å². The lowest BCUT2D eigenvalue weighted by atomic mass is 10.1. The van der Waals surface area contributed by atoms with Crippen molar-refractivity contribution in [2.45, 2.75) is 12.5 Å². The number of hydrogen-bond donors (Lipinski definition) is 1. The molecule has 0 amide bonds. The highest BCUT2D eigenvalue weighted by atomic mass is 35.5. The normalized spacial score (nSPS) is 18.4. The second-order valence-corrected chi connectivity index (χ2v) is 6.54. The zero-order chi connectivity index (χ0) is 17.6. The molecule has 0 saturated carbocycles. The van der Waals surface area contributed by atoms with Crippen molar-refractivity contribution in [2.24, 2.45) is 12.0 Å². The molecule has 3 rings (SSSR count). The van der Waals surface area contributed by atoms with E-state index in [1.807, 2.05) is 38.6 Å². The molecule has 2 aromatic rings. The Morgan fingerprint density at radius 2 is 2.20 bits per heavy atom. The van der Waals surface area contributed by atoms with Gasteiger partial charge in [-0.1, -0.05) is 23.7 Å². The SMILES string of the molecule is CN=C(NCCc1ccc(Cl)cc1)N1CCOC(c2cnn(C)c2)C1. The van der Waals surface area contributed by atoms with E-state index in [1.54, 1.807) is 4.68 Å². The third kappa shape index (κ3) is 4.74. The molecule has 1 atom stereocenters. The van der Waals surface area contributed by atoms with Crippen LogP contribution in [0.4, 0.5) is 0 Å². The van der Waals surface area contributed by atoms with Crippen LogP contribution in [0.25, 0.3) is 0 Å². The predicted molar refractivity (Wildman–Crippen MR) is 100.0 cm³/mol. The van der Waals surface area contributed by atoms with Crippen LogP contribution < -0.4 is 5.32 Å². The predicted octanol–water partition coefficient (Wildman–Crippen LogP) is 2.26. The van der Waals surface area contributed by atoms with E-state index < -0.39 is 0 Å². The summed E-state index contributed by atoms with van der Waals surface area (Å²) in [5.41, 5.74) is 2.35. The van der Waals surface area contributed by atoms with Crippen LogP contribution in [0.5, 0.6) is 0 Å². The summed E-state index contributed by atoms with van der Waals surface area (Å²) in [6.07, 6.45) is 4.82. The molecule has 1 unspecified atom stereocenters. The number of nitrogens with zero attached hydrogens (tertiary/aromatic N) is 4. The van der Waals surface area contributed by atoms with Crippen LogP contribution in [0.1, 0.15) is 17.2 Å². The van der Waals surface area contributed by atoms with Crippen LogP contribution in [0.15, 0.2) is 41.7 Å². The Balaban J connectivity index is 1.54. The van der Waals surface area contributed by atoms with Crippen LogP contribution in [-0.4, -0.2) is 53.9 Å². The van der Waals surface area contributed by atoms with E-state index in [9.17, 15) is 0 Å². The first-order valence-corrected chi connectivity index (χ1v) is 8.83. The van der Waals surface area contributed by atoms with Crippen molar-refractivity contribution in [2.75, 3.05) is 33.3 Å². The van der Waals surface area contributed by atoms with Gasteiger partial charge in [-0.3, -0.25) is 9.67 Å². The molecule has 2 heterocycles. The third-order valence-corrected chi connectivity index (χ3v) is 4.54.